The van der Waals surface area contributed by atoms with Crippen molar-refractivity contribution in [3.8, 4) is 6.07 Å². The lowest BCUT2D eigenvalue weighted by Crippen LogP contribution is -2.11. The normalized spacial score (nSPS) is 10.7. The molecule has 2 rings (SSSR count). The maximum Gasteiger partial charge on any atom is 0.201 e. The quantitative estimate of drug-likeness (QED) is 0.835. The van der Waals surface area contributed by atoms with Gasteiger partial charge in [0.05, 0.1) is 5.69 Å². The van der Waals surface area contributed by atoms with Gasteiger partial charge in [0, 0.05) is 12.5 Å². The molecule has 5 nitrogen and oxygen atoms in total. The Labute approximate surface area is 105 Å². The van der Waals surface area contributed by atoms with Crippen molar-refractivity contribution < 1.29 is 0 Å². The van der Waals surface area contributed by atoms with Crippen molar-refractivity contribution in [2.24, 2.45) is 0 Å². The molecule has 0 unspecified atom stereocenters. The van der Waals surface area contributed by atoms with Crippen LogP contribution in [-0.4, -0.2) is 14.6 Å². The van der Waals surface area contributed by atoms with E-state index in [2.05, 4.69) is 17.0 Å². The van der Waals surface area contributed by atoms with E-state index in [1.165, 1.54) is 6.07 Å². The predicted molar refractivity (Wildman–Crippen MR) is 68.5 cm³/mol. The van der Waals surface area contributed by atoms with Crippen LogP contribution in [0.15, 0.2) is 10.9 Å². The van der Waals surface area contributed by atoms with Crippen molar-refractivity contribution in [1.82, 2.24) is 14.6 Å². The minimum absolute atomic E-state index is 0.177. The molecule has 0 bridgehead atoms. The molecule has 0 atom stereocenters. The van der Waals surface area contributed by atoms with Gasteiger partial charge < -0.3 is 0 Å². The highest BCUT2D eigenvalue weighted by atomic mass is 16.1. The molecule has 0 amide bonds. The fourth-order valence-electron chi connectivity index (χ4n) is 2.02. The summed E-state index contributed by atoms with van der Waals surface area (Å²) in [6.45, 7) is 3.90. The first-order chi connectivity index (χ1) is 8.67. The van der Waals surface area contributed by atoms with E-state index in [0.29, 0.717) is 11.3 Å². The maximum absolute atomic E-state index is 11.7. The van der Waals surface area contributed by atoms with Gasteiger partial charge in [0.2, 0.25) is 5.43 Å². The number of nitrogens with one attached hydrogen (secondary N) is 1. The first-order valence-electron chi connectivity index (χ1n) is 6.18. The standard InChI is InChI=1S/C13H16N4O/c1-3-4-5-6-12-15-13-7-11(18)10(8-14)9(2)17(13)16-12/h7H,3-6H2,1-2H3,(H,15,16). The van der Waals surface area contributed by atoms with E-state index in [1.807, 2.05) is 6.07 Å². The Morgan fingerprint density at radius 3 is 2.94 bits per heavy atom. The Morgan fingerprint density at radius 2 is 2.28 bits per heavy atom. The summed E-state index contributed by atoms with van der Waals surface area (Å²) in [6.07, 6.45) is 4.27. The number of hydrogen-bond acceptors (Lipinski definition) is 3. The van der Waals surface area contributed by atoms with Crippen LogP contribution in [-0.2, 0) is 6.42 Å². The summed E-state index contributed by atoms with van der Waals surface area (Å²) in [4.78, 5) is 16.0. The van der Waals surface area contributed by atoms with Gasteiger partial charge in [-0.3, -0.25) is 9.89 Å². The van der Waals surface area contributed by atoms with Gasteiger partial charge in [-0.15, -0.1) is 0 Å². The van der Waals surface area contributed by atoms with Crippen LogP contribution in [0.3, 0.4) is 0 Å². The summed E-state index contributed by atoms with van der Waals surface area (Å²) in [7, 11) is 0. The van der Waals surface area contributed by atoms with Crippen LogP contribution < -0.4 is 5.43 Å². The number of pyridine rings is 1. The molecule has 0 saturated heterocycles. The average Bonchev–Trinajstić information content (AvgIpc) is 2.73. The number of unbranched alkanes of at least 4 members (excludes halogenated alkanes) is 2. The first-order valence-corrected chi connectivity index (χ1v) is 6.18. The van der Waals surface area contributed by atoms with Crippen LogP contribution in [0.1, 0.15) is 43.3 Å². The molecular formula is C13H16N4O. The lowest BCUT2D eigenvalue weighted by atomic mass is 10.2. The zero-order chi connectivity index (χ0) is 13.1. The highest BCUT2D eigenvalue weighted by Gasteiger charge is 2.10. The lowest BCUT2D eigenvalue weighted by Gasteiger charge is -1.99. The number of rotatable bonds is 4. The van der Waals surface area contributed by atoms with Gasteiger partial charge in [0.25, 0.3) is 0 Å². The monoisotopic (exact) mass is 244 g/mol. The molecule has 1 N–H and O–H groups in total. The van der Waals surface area contributed by atoms with Crippen molar-refractivity contribution in [3.63, 3.8) is 0 Å². The number of aromatic amines is 1. The van der Waals surface area contributed by atoms with E-state index >= 15 is 0 Å². The Kier molecular flexibility index (Phi) is 3.47. The molecule has 18 heavy (non-hydrogen) atoms. The highest BCUT2D eigenvalue weighted by Crippen LogP contribution is 2.08. The van der Waals surface area contributed by atoms with E-state index in [0.717, 1.165) is 31.5 Å². The van der Waals surface area contributed by atoms with Crippen LogP contribution >= 0.6 is 0 Å². The fourth-order valence-corrected chi connectivity index (χ4v) is 2.02. The third-order valence-electron chi connectivity index (χ3n) is 3.05. The van der Waals surface area contributed by atoms with Gasteiger partial charge in [0.1, 0.15) is 17.5 Å². The predicted octanol–water partition coefficient (Wildman–Crippen LogP) is 1.94. The van der Waals surface area contributed by atoms with Crippen molar-refractivity contribution >= 4 is 5.65 Å². The molecule has 0 aliphatic heterocycles. The van der Waals surface area contributed by atoms with Crippen LogP contribution in [0.5, 0.6) is 0 Å². The van der Waals surface area contributed by atoms with E-state index in [9.17, 15) is 4.79 Å². The van der Waals surface area contributed by atoms with E-state index < -0.39 is 0 Å². The molecule has 2 aromatic rings. The molecule has 0 spiro atoms. The second kappa shape index (κ2) is 5.05. The molecule has 5 heteroatoms. The van der Waals surface area contributed by atoms with Crippen molar-refractivity contribution in [1.29, 1.82) is 5.26 Å². The Bertz CT molecular complexity index is 660. The molecule has 0 saturated carbocycles. The van der Waals surface area contributed by atoms with Gasteiger partial charge in [0.15, 0.2) is 5.65 Å². The number of aryl methyl sites for hydroxylation is 2. The smallest absolute Gasteiger partial charge is 0.201 e. The van der Waals surface area contributed by atoms with Crippen molar-refractivity contribution in [2.45, 2.75) is 39.5 Å². The summed E-state index contributed by atoms with van der Waals surface area (Å²) < 4.78 is 1.71. The summed E-state index contributed by atoms with van der Waals surface area (Å²) in [5, 5.41) is 12.1. The average molecular weight is 244 g/mol. The van der Waals surface area contributed by atoms with Crippen LogP contribution in [0.2, 0.25) is 0 Å². The summed E-state index contributed by atoms with van der Waals surface area (Å²) >= 11 is 0. The highest BCUT2D eigenvalue weighted by molar-refractivity contribution is 5.45. The molecule has 0 radical (unpaired) electrons. The van der Waals surface area contributed by atoms with E-state index in [-0.39, 0.29) is 11.0 Å². The Morgan fingerprint density at radius 1 is 1.50 bits per heavy atom. The fraction of sp³-hybridized carbons (Fsp3) is 0.462. The Balaban J connectivity index is 2.43. The van der Waals surface area contributed by atoms with Gasteiger partial charge in [-0.1, -0.05) is 19.8 Å². The molecule has 0 aromatic carbocycles. The number of fused-ring (bicyclic) bond motifs is 1. The van der Waals surface area contributed by atoms with Crippen LogP contribution in [0.4, 0.5) is 0 Å². The van der Waals surface area contributed by atoms with Crippen LogP contribution in [0, 0.1) is 18.3 Å². The van der Waals surface area contributed by atoms with Gasteiger partial charge in [-0.25, -0.2) is 9.50 Å². The number of H-pyrrole nitrogens is 1. The number of nitriles is 1. The number of aromatic nitrogens is 3. The second-order valence-corrected chi connectivity index (χ2v) is 4.40. The van der Waals surface area contributed by atoms with Gasteiger partial charge >= 0.3 is 0 Å². The lowest BCUT2D eigenvalue weighted by molar-refractivity contribution is 0.691. The summed E-state index contributed by atoms with van der Waals surface area (Å²) in [5.74, 6) is 0.862. The molecule has 0 aliphatic carbocycles. The molecule has 2 aromatic heterocycles. The molecule has 94 valence electrons. The van der Waals surface area contributed by atoms with Gasteiger partial charge in [-0.05, 0) is 13.3 Å². The topological polar surface area (TPSA) is 73.9 Å². The first kappa shape index (κ1) is 12.4. The summed E-state index contributed by atoms with van der Waals surface area (Å²) in [5.41, 5.74) is 1.12. The third-order valence-corrected chi connectivity index (χ3v) is 3.05. The van der Waals surface area contributed by atoms with E-state index in [1.54, 1.807) is 11.4 Å². The minimum Gasteiger partial charge on any atom is -0.288 e. The molecular weight excluding hydrogens is 228 g/mol. The molecule has 0 aliphatic rings. The van der Waals surface area contributed by atoms with Crippen molar-refractivity contribution in [2.75, 3.05) is 0 Å². The maximum atomic E-state index is 11.7. The second-order valence-electron chi connectivity index (χ2n) is 4.40. The van der Waals surface area contributed by atoms with Crippen molar-refractivity contribution in [3.05, 3.63) is 33.4 Å². The number of nitrogens with zero attached hydrogens (tertiary/aromatic N) is 3. The minimum atomic E-state index is -0.262. The molecule has 2 heterocycles. The molecule has 0 fully saturated rings. The number of hydrogen-bond donors (Lipinski definition) is 1. The zero-order valence-electron chi connectivity index (χ0n) is 10.7. The SMILES string of the molecule is CCCCCc1nc2cc(=O)c(C#N)c(C)n2[nH]1. The zero-order valence-corrected chi connectivity index (χ0v) is 10.7. The largest absolute Gasteiger partial charge is 0.288 e. The summed E-state index contributed by atoms with van der Waals surface area (Å²) in [6, 6.07) is 3.34. The van der Waals surface area contributed by atoms with Crippen LogP contribution in [0.25, 0.3) is 5.65 Å². The third kappa shape index (κ3) is 2.14. The van der Waals surface area contributed by atoms with Gasteiger partial charge in [-0.2, -0.15) is 5.26 Å². The Hall–Kier alpha value is -2.09. The van der Waals surface area contributed by atoms with E-state index in [4.69, 9.17) is 5.26 Å².